The number of halogens is 3. The molecule has 112 valence electrons. The lowest BCUT2D eigenvalue weighted by atomic mass is 10.1. The molecule has 20 heavy (non-hydrogen) atoms. The van der Waals surface area contributed by atoms with Crippen LogP contribution in [0.3, 0.4) is 0 Å². The molecule has 0 fully saturated rings. The summed E-state index contributed by atoms with van der Waals surface area (Å²) in [7, 11) is 3.38. The smallest absolute Gasteiger partial charge is 0.359 e. The Balaban J connectivity index is 2.62. The van der Waals surface area contributed by atoms with E-state index in [4.69, 9.17) is 0 Å². The first-order valence-corrected chi connectivity index (χ1v) is 6.17. The first-order valence-electron chi connectivity index (χ1n) is 6.17. The van der Waals surface area contributed by atoms with E-state index in [2.05, 4.69) is 10.3 Å². The Morgan fingerprint density at radius 3 is 2.55 bits per heavy atom. The van der Waals surface area contributed by atoms with Crippen molar-refractivity contribution in [1.82, 2.24) is 15.2 Å². The zero-order valence-corrected chi connectivity index (χ0v) is 11.7. The third-order valence-electron chi connectivity index (χ3n) is 3.06. The second-order valence-corrected chi connectivity index (χ2v) is 4.69. The standard InChI is InChI=1S/C13H18F3N3O/c1-9(6-12(20)17-2)19(3)8-10-4-5-11(18-7-10)13(14,15)16/h4-5,7,9H,6,8H2,1-3H3,(H,17,20)/t9-/m0/s1. The average Bonchev–Trinajstić information content (AvgIpc) is 2.38. The van der Waals surface area contributed by atoms with E-state index in [1.54, 1.807) is 7.05 Å². The number of carbonyl (C=O) groups is 1. The molecular formula is C13H18F3N3O. The molecule has 0 bridgehead atoms. The van der Waals surface area contributed by atoms with E-state index < -0.39 is 11.9 Å². The second-order valence-electron chi connectivity index (χ2n) is 4.69. The molecule has 0 saturated carbocycles. The van der Waals surface area contributed by atoms with E-state index in [0.29, 0.717) is 18.5 Å². The molecule has 1 aromatic heterocycles. The van der Waals surface area contributed by atoms with E-state index >= 15 is 0 Å². The SMILES string of the molecule is CNC(=O)C[C@H](C)N(C)Cc1ccc(C(F)(F)F)nc1. The third-order valence-corrected chi connectivity index (χ3v) is 3.06. The molecule has 0 aliphatic heterocycles. The molecule has 0 aliphatic carbocycles. The van der Waals surface area contributed by atoms with Crippen LogP contribution in [0.4, 0.5) is 13.2 Å². The van der Waals surface area contributed by atoms with Gasteiger partial charge in [0, 0.05) is 32.3 Å². The van der Waals surface area contributed by atoms with Gasteiger partial charge in [0.1, 0.15) is 5.69 Å². The van der Waals surface area contributed by atoms with Crippen LogP contribution < -0.4 is 5.32 Å². The Kier molecular flexibility index (Phi) is 5.50. The Morgan fingerprint density at radius 1 is 1.45 bits per heavy atom. The molecule has 1 aromatic rings. The van der Waals surface area contributed by atoms with Crippen molar-refractivity contribution in [2.75, 3.05) is 14.1 Å². The largest absolute Gasteiger partial charge is 0.433 e. The Morgan fingerprint density at radius 2 is 2.10 bits per heavy atom. The maximum atomic E-state index is 12.4. The van der Waals surface area contributed by atoms with E-state index in [1.807, 2.05) is 18.9 Å². The van der Waals surface area contributed by atoms with Crippen LogP contribution in [0, 0.1) is 0 Å². The minimum atomic E-state index is -4.42. The van der Waals surface area contributed by atoms with Gasteiger partial charge < -0.3 is 5.32 Å². The van der Waals surface area contributed by atoms with Gasteiger partial charge in [-0.25, -0.2) is 0 Å². The van der Waals surface area contributed by atoms with Crippen LogP contribution in [0.5, 0.6) is 0 Å². The normalized spacial score (nSPS) is 13.3. The zero-order chi connectivity index (χ0) is 15.3. The van der Waals surface area contributed by atoms with Gasteiger partial charge in [-0.3, -0.25) is 14.7 Å². The third kappa shape index (κ3) is 4.80. The van der Waals surface area contributed by atoms with Crippen LogP contribution in [0.1, 0.15) is 24.6 Å². The summed E-state index contributed by atoms with van der Waals surface area (Å²) in [6.45, 7) is 2.32. The van der Waals surface area contributed by atoms with E-state index in [1.165, 1.54) is 12.3 Å². The lowest BCUT2D eigenvalue weighted by molar-refractivity contribution is -0.141. The minimum Gasteiger partial charge on any atom is -0.359 e. The number of nitrogens with one attached hydrogen (secondary N) is 1. The molecule has 7 heteroatoms. The van der Waals surface area contributed by atoms with Crippen LogP contribution in [-0.4, -0.2) is 35.9 Å². The monoisotopic (exact) mass is 289 g/mol. The van der Waals surface area contributed by atoms with Crippen molar-refractivity contribution >= 4 is 5.91 Å². The first kappa shape index (κ1) is 16.4. The Labute approximate surface area is 116 Å². The summed E-state index contributed by atoms with van der Waals surface area (Å²) < 4.78 is 37.1. The minimum absolute atomic E-state index is 0.0164. The van der Waals surface area contributed by atoms with Crippen molar-refractivity contribution in [3.63, 3.8) is 0 Å². The predicted molar refractivity (Wildman–Crippen MR) is 68.9 cm³/mol. The topological polar surface area (TPSA) is 45.2 Å². The molecule has 0 aliphatic rings. The van der Waals surface area contributed by atoms with Crippen molar-refractivity contribution in [2.45, 2.75) is 32.1 Å². The maximum Gasteiger partial charge on any atom is 0.433 e. The van der Waals surface area contributed by atoms with Gasteiger partial charge in [0.25, 0.3) is 0 Å². The fourth-order valence-electron chi connectivity index (χ4n) is 1.66. The molecule has 1 amide bonds. The van der Waals surface area contributed by atoms with E-state index in [0.717, 1.165) is 6.07 Å². The quantitative estimate of drug-likeness (QED) is 0.902. The zero-order valence-electron chi connectivity index (χ0n) is 11.7. The maximum absolute atomic E-state index is 12.4. The number of nitrogens with zero attached hydrogens (tertiary/aromatic N) is 2. The number of hydrogen-bond donors (Lipinski definition) is 1. The molecule has 1 N–H and O–H groups in total. The summed E-state index contributed by atoms with van der Waals surface area (Å²) >= 11 is 0. The van der Waals surface area contributed by atoms with Crippen LogP contribution in [0.25, 0.3) is 0 Å². The highest BCUT2D eigenvalue weighted by atomic mass is 19.4. The molecule has 0 unspecified atom stereocenters. The van der Waals surface area contributed by atoms with Crippen molar-refractivity contribution < 1.29 is 18.0 Å². The van der Waals surface area contributed by atoms with Gasteiger partial charge in [-0.2, -0.15) is 13.2 Å². The van der Waals surface area contributed by atoms with Gasteiger partial charge in [0.15, 0.2) is 0 Å². The lowest BCUT2D eigenvalue weighted by Gasteiger charge is -2.24. The van der Waals surface area contributed by atoms with Gasteiger partial charge in [-0.1, -0.05) is 6.07 Å². The van der Waals surface area contributed by atoms with Crippen molar-refractivity contribution in [3.05, 3.63) is 29.6 Å². The molecular weight excluding hydrogens is 271 g/mol. The van der Waals surface area contributed by atoms with Crippen molar-refractivity contribution in [1.29, 1.82) is 0 Å². The number of rotatable bonds is 5. The summed E-state index contributed by atoms with van der Waals surface area (Å²) in [4.78, 5) is 16.6. The summed E-state index contributed by atoms with van der Waals surface area (Å²) in [6, 6.07) is 2.35. The first-order chi connectivity index (χ1) is 9.24. The van der Waals surface area contributed by atoms with Gasteiger partial charge in [0.05, 0.1) is 0 Å². The summed E-state index contributed by atoms with van der Waals surface area (Å²) in [5.74, 6) is -0.0742. The van der Waals surface area contributed by atoms with Gasteiger partial charge >= 0.3 is 6.18 Å². The van der Waals surface area contributed by atoms with Gasteiger partial charge in [-0.05, 0) is 25.6 Å². The molecule has 1 heterocycles. The summed E-state index contributed by atoms with van der Waals surface area (Å²) in [5, 5.41) is 2.54. The predicted octanol–water partition coefficient (Wildman–Crippen LogP) is 2.06. The van der Waals surface area contributed by atoms with Crippen molar-refractivity contribution in [2.24, 2.45) is 0 Å². The van der Waals surface area contributed by atoms with Gasteiger partial charge in [-0.15, -0.1) is 0 Å². The summed E-state index contributed by atoms with van der Waals surface area (Å²) in [5.41, 5.74) is -0.230. The van der Waals surface area contributed by atoms with Crippen LogP contribution >= 0.6 is 0 Å². The molecule has 1 rings (SSSR count). The highest BCUT2D eigenvalue weighted by molar-refractivity contribution is 5.76. The number of amides is 1. The Hall–Kier alpha value is -1.63. The Bertz CT molecular complexity index is 445. The highest BCUT2D eigenvalue weighted by Gasteiger charge is 2.32. The molecule has 0 aromatic carbocycles. The summed E-state index contributed by atoms with van der Waals surface area (Å²) in [6.07, 6.45) is -2.87. The molecule has 1 atom stereocenters. The average molecular weight is 289 g/mol. The van der Waals surface area contributed by atoms with Crippen molar-refractivity contribution in [3.8, 4) is 0 Å². The van der Waals surface area contributed by atoms with E-state index in [9.17, 15) is 18.0 Å². The number of aromatic nitrogens is 1. The number of alkyl halides is 3. The van der Waals surface area contributed by atoms with Crippen LogP contribution in [0.2, 0.25) is 0 Å². The van der Waals surface area contributed by atoms with Gasteiger partial charge in [0.2, 0.25) is 5.91 Å². The molecule has 0 radical (unpaired) electrons. The highest BCUT2D eigenvalue weighted by Crippen LogP contribution is 2.27. The molecule has 0 spiro atoms. The fourth-order valence-corrected chi connectivity index (χ4v) is 1.66. The van der Waals surface area contributed by atoms with Crippen LogP contribution in [0.15, 0.2) is 18.3 Å². The molecule has 4 nitrogen and oxygen atoms in total. The van der Waals surface area contributed by atoms with E-state index in [-0.39, 0.29) is 11.9 Å². The lowest BCUT2D eigenvalue weighted by Crippen LogP contribution is -2.33. The number of pyridine rings is 1. The van der Waals surface area contributed by atoms with Crippen LogP contribution in [-0.2, 0) is 17.5 Å². The molecule has 0 saturated heterocycles. The number of carbonyl (C=O) groups excluding carboxylic acids is 1. The number of hydrogen-bond acceptors (Lipinski definition) is 3. The fraction of sp³-hybridized carbons (Fsp3) is 0.538. The second kappa shape index (κ2) is 6.69.